The monoisotopic (exact) mass is 387 g/mol. The summed E-state index contributed by atoms with van der Waals surface area (Å²) in [6.07, 6.45) is 0.225. The summed E-state index contributed by atoms with van der Waals surface area (Å²) in [6.45, 7) is 7.64. The number of aryl methyl sites for hydroxylation is 1. The molecule has 1 saturated heterocycles. The van der Waals surface area contributed by atoms with Crippen molar-refractivity contribution in [3.8, 4) is 0 Å². The maximum atomic E-state index is 12.2. The summed E-state index contributed by atoms with van der Waals surface area (Å²) in [4.78, 5) is 32.1. The first kappa shape index (κ1) is 19.2. The molecule has 0 unspecified atom stereocenters. The Morgan fingerprint density at radius 2 is 2.30 bits per heavy atom. The van der Waals surface area contributed by atoms with E-state index in [1.807, 2.05) is 11.4 Å². The number of urea groups is 1. The third kappa shape index (κ3) is 4.97. The highest BCUT2D eigenvalue weighted by Gasteiger charge is 2.24. The van der Waals surface area contributed by atoms with Crippen molar-refractivity contribution in [3.05, 3.63) is 40.9 Å². The number of hydrogen-bond acceptors (Lipinski definition) is 5. The van der Waals surface area contributed by atoms with Gasteiger partial charge in [0.2, 0.25) is 5.91 Å². The minimum absolute atomic E-state index is 0.0574. The van der Waals surface area contributed by atoms with Crippen molar-refractivity contribution in [2.24, 2.45) is 0 Å². The summed E-state index contributed by atoms with van der Waals surface area (Å²) in [7, 11) is 0. The Morgan fingerprint density at radius 3 is 3.00 bits per heavy atom. The van der Waals surface area contributed by atoms with Gasteiger partial charge < -0.3 is 15.5 Å². The number of nitrogens with zero attached hydrogens (tertiary/aromatic N) is 3. The van der Waals surface area contributed by atoms with Crippen molar-refractivity contribution < 1.29 is 9.59 Å². The Morgan fingerprint density at radius 1 is 1.44 bits per heavy atom. The summed E-state index contributed by atoms with van der Waals surface area (Å²) < 4.78 is 0. The van der Waals surface area contributed by atoms with Gasteiger partial charge in [0.25, 0.3) is 0 Å². The first-order valence-corrected chi connectivity index (χ1v) is 10.0. The van der Waals surface area contributed by atoms with E-state index in [2.05, 4.69) is 52.6 Å². The van der Waals surface area contributed by atoms with Crippen molar-refractivity contribution in [2.45, 2.75) is 20.3 Å². The largest absolute Gasteiger partial charge is 0.370 e. The molecule has 0 atom stereocenters. The molecule has 0 bridgehead atoms. The smallest absolute Gasteiger partial charge is 0.323 e. The summed E-state index contributed by atoms with van der Waals surface area (Å²) in [5.74, 6) is -0.0574. The number of hydrogen-bond donors (Lipinski definition) is 2. The van der Waals surface area contributed by atoms with Crippen LogP contribution in [-0.2, 0) is 11.2 Å². The Hall–Kier alpha value is -2.61. The Labute approximate surface area is 163 Å². The third-order valence-electron chi connectivity index (χ3n) is 4.42. The number of carbonyl (C=O) groups excluding carboxylic acids is 2. The standard InChI is InChI=1S/C19H25N5O2S/c1-3-23(16-6-4-5-14(2)11-16)9-7-20-17(25)12-15-13-27-19(22-15)24-10-8-21-18(24)26/h4-6,11,13H,3,7-10,12H2,1-2H3,(H,20,25)(H,21,26). The van der Waals surface area contributed by atoms with E-state index in [1.165, 1.54) is 22.6 Å². The third-order valence-corrected chi connectivity index (χ3v) is 5.33. The highest BCUT2D eigenvalue weighted by molar-refractivity contribution is 7.14. The van der Waals surface area contributed by atoms with Crippen LogP contribution < -0.4 is 20.4 Å². The van der Waals surface area contributed by atoms with Crippen LogP contribution in [0.5, 0.6) is 0 Å². The molecule has 144 valence electrons. The maximum absolute atomic E-state index is 12.2. The van der Waals surface area contributed by atoms with Crippen molar-refractivity contribution >= 4 is 34.1 Å². The fourth-order valence-corrected chi connectivity index (χ4v) is 3.86. The average Bonchev–Trinajstić information content (AvgIpc) is 3.27. The van der Waals surface area contributed by atoms with Gasteiger partial charge in [-0.05, 0) is 31.5 Å². The van der Waals surface area contributed by atoms with Gasteiger partial charge >= 0.3 is 6.03 Å². The van der Waals surface area contributed by atoms with E-state index in [1.54, 1.807) is 4.90 Å². The lowest BCUT2D eigenvalue weighted by Crippen LogP contribution is -2.35. The molecule has 2 heterocycles. The molecule has 1 aliphatic heterocycles. The van der Waals surface area contributed by atoms with Crippen LogP contribution in [0.1, 0.15) is 18.2 Å². The number of rotatable bonds is 8. The van der Waals surface area contributed by atoms with Gasteiger partial charge in [0, 0.05) is 43.8 Å². The van der Waals surface area contributed by atoms with Crippen LogP contribution in [0, 0.1) is 6.92 Å². The predicted octanol–water partition coefficient (Wildman–Crippen LogP) is 2.17. The quantitative estimate of drug-likeness (QED) is 0.728. The topological polar surface area (TPSA) is 77.6 Å². The van der Waals surface area contributed by atoms with Crippen LogP contribution in [0.4, 0.5) is 15.6 Å². The molecule has 0 saturated carbocycles. The lowest BCUT2D eigenvalue weighted by Gasteiger charge is -2.23. The summed E-state index contributed by atoms with van der Waals surface area (Å²) >= 11 is 1.39. The van der Waals surface area contributed by atoms with E-state index < -0.39 is 0 Å². The molecule has 2 aromatic rings. The minimum Gasteiger partial charge on any atom is -0.370 e. The SMILES string of the molecule is CCN(CCNC(=O)Cc1csc(N2CCNC2=O)n1)c1cccc(C)c1. The number of carbonyl (C=O) groups is 2. The van der Waals surface area contributed by atoms with E-state index in [-0.39, 0.29) is 18.4 Å². The molecular formula is C19H25N5O2S. The molecule has 3 amide bonds. The molecule has 1 aromatic carbocycles. The second-order valence-corrected chi connectivity index (χ2v) is 7.29. The van der Waals surface area contributed by atoms with E-state index in [4.69, 9.17) is 0 Å². The van der Waals surface area contributed by atoms with E-state index in [9.17, 15) is 9.59 Å². The van der Waals surface area contributed by atoms with Gasteiger partial charge in [0.1, 0.15) is 0 Å². The molecule has 1 aromatic heterocycles. The molecule has 3 rings (SSSR count). The molecule has 7 nitrogen and oxygen atoms in total. The first-order valence-electron chi connectivity index (χ1n) is 9.15. The molecule has 1 fully saturated rings. The second kappa shape index (κ2) is 8.85. The van der Waals surface area contributed by atoms with Crippen LogP contribution in [-0.4, -0.2) is 49.6 Å². The molecule has 0 aliphatic carbocycles. The number of amides is 3. The number of thiazole rings is 1. The van der Waals surface area contributed by atoms with Gasteiger partial charge in [-0.15, -0.1) is 11.3 Å². The normalized spacial score (nSPS) is 13.6. The zero-order valence-corrected chi connectivity index (χ0v) is 16.5. The van der Waals surface area contributed by atoms with Gasteiger partial charge in [-0.1, -0.05) is 12.1 Å². The molecule has 0 spiro atoms. The van der Waals surface area contributed by atoms with Crippen molar-refractivity contribution in [2.75, 3.05) is 42.5 Å². The average molecular weight is 388 g/mol. The van der Waals surface area contributed by atoms with Gasteiger partial charge in [-0.3, -0.25) is 9.69 Å². The van der Waals surface area contributed by atoms with Crippen LogP contribution in [0.25, 0.3) is 0 Å². The lowest BCUT2D eigenvalue weighted by atomic mass is 10.2. The van der Waals surface area contributed by atoms with Crippen molar-refractivity contribution in [1.82, 2.24) is 15.6 Å². The van der Waals surface area contributed by atoms with Gasteiger partial charge in [-0.25, -0.2) is 9.78 Å². The number of benzene rings is 1. The molecule has 0 radical (unpaired) electrons. The fourth-order valence-electron chi connectivity index (χ4n) is 3.01. The van der Waals surface area contributed by atoms with Gasteiger partial charge in [0.05, 0.1) is 12.1 Å². The Bertz CT molecular complexity index is 807. The van der Waals surface area contributed by atoms with E-state index >= 15 is 0 Å². The van der Waals surface area contributed by atoms with Crippen LogP contribution in [0.15, 0.2) is 29.6 Å². The number of nitrogens with one attached hydrogen (secondary N) is 2. The zero-order valence-electron chi connectivity index (χ0n) is 15.7. The number of aromatic nitrogens is 1. The van der Waals surface area contributed by atoms with Gasteiger partial charge in [-0.2, -0.15) is 0 Å². The van der Waals surface area contributed by atoms with Crippen LogP contribution in [0.3, 0.4) is 0 Å². The second-order valence-electron chi connectivity index (χ2n) is 6.45. The molecule has 2 N–H and O–H groups in total. The lowest BCUT2D eigenvalue weighted by molar-refractivity contribution is -0.120. The summed E-state index contributed by atoms with van der Waals surface area (Å²) in [5, 5.41) is 8.19. The highest BCUT2D eigenvalue weighted by atomic mass is 32.1. The Kier molecular flexibility index (Phi) is 6.28. The maximum Gasteiger partial charge on any atom is 0.323 e. The minimum atomic E-state index is -0.129. The first-order chi connectivity index (χ1) is 13.1. The van der Waals surface area contributed by atoms with Gasteiger partial charge in [0.15, 0.2) is 5.13 Å². The van der Waals surface area contributed by atoms with Crippen molar-refractivity contribution in [1.29, 1.82) is 0 Å². The Balaban J connectivity index is 1.47. The van der Waals surface area contributed by atoms with Crippen LogP contribution in [0.2, 0.25) is 0 Å². The highest BCUT2D eigenvalue weighted by Crippen LogP contribution is 2.22. The predicted molar refractivity (Wildman–Crippen MR) is 109 cm³/mol. The number of likely N-dealkylation sites (N-methyl/N-ethyl adjacent to an activating group) is 1. The van der Waals surface area contributed by atoms with E-state index in [0.29, 0.717) is 30.5 Å². The molecule has 1 aliphatic rings. The molecular weight excluding hydrogens is 362 g/mol. The summed E-state index contributed by atoms with van der Waals surface area (Å²) in [6, 6.07) is 8.23. The molecule has 27 heavy (non-hydrogen) atoms. The zero-order chi connectivity index (χ0) is 19.2. The summed E-state index contributed by atoms with van der Waals surface area (Å²) in [5.41, 5.74) is 3.08. The van der Waals surface area contributed by atoms with Crippen molar-refractivity contribution in [3.63, 3.8) is 0 Å². The molecule has 8 heteroatoms. The number of anilines is 2. The van der Waals surface area contributed by atoms with Crippen LogP contribution >= 0.6 is 11.3 Å². The van der Waals surface area contributed by atoms with E-state index in [0.717, 1.165) is 13.1 Å². The fraction of sp³-hybridized carbons (Fsp3) is 0.421.